The number of aryl methyl sites for hydroxylation is 2. The summed E-state index contributed by atoms with van der Waals surface area (Å²) in [5, 5.41) is 1.29. The molecule has 0 saturated carbocycles. The van der Waals surface area contributed by atoms with E-state index in [0.717, 1.165) is 6.42 Å². The van der Waals surface area contributed by atoms with E-state index in [1.165, 1.54) is 38.7 Å². The molecule has 0 heterocycles. The second-order valence-corrected chi connectivity index (χ2v) is 6.55. The van der Waals surface area contributed by atoms with Crippen molar-refractivity contribution in [1.82, 2.24) is 0 Å². The van der Waals surface area contributed by atoms with E-state index in [0.29, 0.717) is 0 Å². The van der Waals surface area contributed by atoms with E-state index in [-0.39, 0.29) is 0 Å². The Kier molecular flexibility index (Phi) is 6.76. The van der Waals surface area contributed by atoms with Gasteiger partial charge in [0.25, 0.3) is 0 Å². The molecule has 0 saturated heterocycles. The van der Waals surface area contributed by atoms with Crippen LogP contribution in [0.25, 0.3) is 11.1 Å². The van der Waals surface area contributed by atoms with Crippen LogP contribution in [0, 0.1) is 13.8 Å². The van der Waals surface area contributed by atoms with Gasteiger partial charge in [-0.25, -0.2) is 0 Å². The van der Waals surface area contributed by atoms with Gasteiger partial charge < -0.3 is 0 Å². The molecule has 1 unspecified atom stereocenters. The topological polar surface area (TPSA) is 0 Å². The second-order valence-electron chi connectivity index (χ2n) is 5.93. The molecule has 0 aromatic heterocycles. The zero-order chi connectivity index (χ0) is 17.5. The molecule has 3 aromatic carbocycles. The molecule has 0 aliphatic carbocycles. The Labute approximate surface area is 149 Å². The Balaban J connectivity index is 0.00000100. The first-order valence-corrected chi connectivity index (χ1v) is 9.20. The summed E-state index contributed by atoms with van der Waals surface area (Å²) in [6, 6.07) is 24.3. The Bertz CT molecular complexity index is 768. The molecular weight excluding hydrogens is 307 g/mol. The van der Waals surface area contributed by atoms with E-state index < -0.39 is 0 Å². The lowest BCUT2D eigenvalue weighted by atomic mass is 9.99. The summed E-state index contributed by atoms with van der Waals surface area (Å²) in [6.07, 6.45) is 0.982. The molecule has 0 amide bonds. The van der Waals surface area contributed by atoms with Gasteiger partial charge in [-0.3, -0.25) is 0 Å². The fourth-order valence-electron chi connectivity index (χ4n) is 2.60. The molecule has 0 N–H and O–H groups in total. The molecule has 1 heteroatoms. The van der Waals surface area contributed by atoms with E-state index in [9.17, 15) is 0 Å². The first kappa shape index (κ1) is 18.4. The van der Waals surface area contributed by atoms with Crippen molar-refractivity contribution in [2.45, 2.75) is 34.1 Å². The van der Waals surface area contributed by atoms with Gasteiger partial charge in [-0.1, -0.05) is 86.1 Å². The number of hydrogen-bond acceptors (Lipinski definition) is 0. The van der Waals surface area contributed by atoms with Crippen LogP contribution < -0.4 is 5.30 Å². The highest BCUT2D eigenvalue weighted by molar-refractivity contribution is 7.27. The fourth-order valence-corrected chi connectivity index (χ4v) is 2.91. The quantitative estimate of drug-likeness (QED) is 0.509. The minimum atomic E-state index is 0.982. The van der Waals surface area contributed by atoms with Crippen molar-refractivity contribution < 1.29 is 0 Å². The van der Waals surface area contributed by atoms with Gasteiger partial charge in [-0.05, 0) is 53.4 Å². The smallest absolute Gasteiger partial charge is 0.00255 e. The first-order chi connectivity index (χ1) is 11.6. The minimum absolute atomic E-state index is 0.982. The molecule has 0 aliphatic rings. The summed E-state index contributed by atoms with van der Waals surface area (Å²) < 4.78 is 0. The molecule has 3 rings (SSSR count). The summed E-state index contributed by atoms with van der Waals surface area (Å²) in [5.74, 6) is 0. The van der Waals surface area contributed by atoms with Crippen LogP contribution >= 0.6 is 9.24 Å². The SMILES string of the molecule is CC.Cc1ccc(-c2ccc(Cc3ccc(C)c(P)c3)cc2)cc1. The van der Waals surface area contributed by atoms with E-state index in [1.807, 2.05) is 13.8 Å². The lowest BCUT2D eigenvalue weighted by Gasteiger charge is -2.07. The predicted molar refractivity (Wildman–Crippen MR) is 111 cm³/mol. The third-order valence-corrected chi connectivity index (χ3v) is 4.71. The monoisotopic (exact) mass is 334 g/mol. The Morgan fingerprint density at radius 2 is 1.17 bits per heavy atom. The van der Waals surface area contributed by atoms with Crippen molar-refractivity contribution in [2.24, 2.45) is 0 Å². The maximum absolute atomic E-state index is 2.81. The molecule has 124 valence electrons. The van der Waals surface area contributed by atoms with Gasteiger partial charge in [0, 0.05) is 0 Å². The summed E-state index contributed by atoms with van der Waals surface area (Å²) >= 11 is 0. The molecule has 0 fully saturated rings. The average molecular weight is 334 g/mol. The molecule has 0 radical (unpaired) electrons. The summed E-state index contributed by atoms with van der Waals surface area (Å²) in [4.78, 5) is 0. The third-order valence-electron chi connectivity index (χ3n) is 4.09. The van der Waals surface area contributed by atoms with Crippen LogP contribution in [0.3, 0.4) is 0 Å². The second kappa shape index (κ2) is 8.81. The van der Waals surface area contributed by atoms with Crippen LogP contribution in [0.4, 0.5) is 0 Å². The minimum Gasteiger partial charge on any atom is -0.105 e. The van der Waals surface area contributed by atoms with Gasteiger partial charge >= 0.3 is 0 Å². The summed E-state index contributed by atoms with van der Waals surface area (Å²) in [7, 11) is 2.81. The van der Waals surface area contributed by atoms with Gasteiger partial charge in [0.05, 0.1) is 0 Å². The number of hydrogen-bond donors (Lipinski definition) is 0. The number of benzene rings is 3. The van der Waals surface area contributed by atoms with Gasteiger partial charge in [-0.2, -0.15) is 0 Å². The largest absolute Gasteiger partial charge is 0.105 e. The highest BCUT2D eigenvalue weighted by atomic mass is 31.0. The van der Waals surface area contributed by atoms with Crippen LogP contribution in [0.15, 0.2) is 66.7 Å². The van der Waals surface area contributed by atoms with Crippen LogP contribution in [0.5, 0.6) is 0 Å². The van der Waals surface area contributed by atoms with Crippen LogP contribution in [0.1, 0.15) is 36.1 Å². The summed E-state index contributed by atoms with van der Waals surface area (Å²) in [6.45, 7) is 8.26. The van der Waals surface area contributed by atoms with E-state index in [1.54, 1.807) is 0 Å². The van der Waals surface area contributed by atoms with Gasteiger partial charge in [-0.15, -0.1) is 9.24 Å². The Morgan fingerprint density at radius 3 is 1.71 bits per heavy atom. The predicted octanol–water partition coefficient (Wildman–Crippen LogP) is 6.09. The maximum Gasteiger partial charge on any atom is -0.00255 e. The molecular formula is C23H27P. The first-order valence-electron chi connectivity index (χ1n) is 8.63. The van der Waals surface area contributed by atoms with Crippen molar-refractivity contribution >= 4 is 14.5 Å². The van der Waals surface area contributed by atoms with E-state index >= 15 is 0 Å². The average Bonchev–Trinajstić information content (AvgIpc) is 2.61. The maximum atomic E-state index is 2.81. The molecule has 3 aromatic rings. The number of rotatable bonds is 3. The van der Waals surface area contributed by atoms with Crippen molar-refractivity contribution in [3.63, 3.8) is 0 Å². The Morgan fingerprint density at radius 1 is 0.667 bits per heavy atom. The van der Waals surface area contributed by atoms with Crippen LogP contribution in [0.2, 0.25) is 0 Å². The van der Waals surface area contributed by atoms with Crippen LogP contribution in [-0.4, -0.2) is 0 Å². The molecule has 24 heavy (non-hydrogen) atoms. The third kappa shape index (κ3) is 4.79. The standard InChI is InChI=1S/C21H21P.C2H6/c1-15-3-9-19(10-4-15)20-11-7-17(8-12-20)13-18-6-5-16(2)21(22)14-18;1-2/h3-12,14H,13,22H2,1-2H3;1-2H3. The van der Waals surface area contributed by atoms with Crippen molar-refractivity contribution in [3.05, 3.63) is 89.0 Å². The van der Waals surface area contributed by atoms with Gasteiger partial charge in [0.2, 0.25) is 0 Å². The highest BCUT2D eigenvalue weighted by Gasteiger charge is 2.01. The molecule has 0 bridgehead atoms. The zero-order valence-electron chi connectivity index (χ0n) is 15.1. The van der Waals surface area contributed by atoms with Crippen molar-refractivity contribution in [3.8, 4) is 11.1 Å². The van der Waals surface area contributed by atoms with Gasteiger partial charge in [0.1, 0.15) is 0 Å². The van der Waals surface area contributed by atoms with Crippen LogP contribution in [-0.2, 0) is 6.42 Å². The lowest BCUT2D eigenvalue weighted by molar-refractivity contribution is 1.19. The van der Waals surface area contributed by atoms with E-state index in [2.05, 4.69) is 89.8 Å². The fraction of sp³-hybridized carbons (Fsp3) is 0.217. The molecule has 1 atom stereocenters. The lowest BCUT2D eigenvalue weighted by Crippen LogP contribution is -1.99. The summed E-state index contributed by atoms with van der Waals surface area (Å²) in [5.41, 5.74) is 7.89. The molecule has 0 nitrogen and oxygen atoms in total. The highest BCUT2D eigenvalue weighted by Crippen LogP contribution is 2.21. The molecule has 0 spiro atoms. The van der Waals surface area contributed by atoms with Crippen molar-refractivity contribution in [2.75, 3.05) is 0 Å². The van der Waals surface area contributed by atoms with Crippen molar-refractivity contribution in [1.29, 1.82) is 0 Å². The Hall–Kier alpha value is -1.91. The van der Waals surface area contributed by atoms with E-state index in [4.69, 9.17) is 0 Å². The van der Waals surface area contributed by atoms with Gasteiger partial charge in [0.15, 0.2) is 0 Å². The molecule has 0 aliphatic heterocycles. The normalized spacial score (nSPS) is 10.0. The zero-order valence-corrected chi connectivity index (χ0v) is 16.3.